The number of aliphatic hydroxyl groups is 1. The standard InChI is InChI=1S/C30H48N6O8S/c1-7-16(4)24(29(42)33-20(30(43)44)13-19-11-9-8-10-12-19)36-28(41)23(15(2)3)35-26(39)21(14-45)34-25(38)17(5)32-27(40)22(31)18(6)37/h8-12,15-18,20-24,37,45H,7,13-14,31H2,1-6H3,(H,32,40)(H,33,42)(H,34,38)(H,35,39)(H,36,41)(H,43,44)/t16-,17-,18+,20-,21-,22-,23-,24-/m0/s1. The van der Waals surface area contributed by atoms with Gasteiger partial charge in [0, 0.05) is 12.2 Å². The van der Waals surface area contributed by atoms with Gasteiger partial charge in [0.05, 0.1) is 6.10 Å². The second-order valence-electron chi connectivity index (χ2n) is 11.4. The molecular formula is C30H48N6O8S. The monoisotopic (exact) mass is 652 g/mol. The number of nitrogens with two attached hydrogens (primary N) is 1. The highest BCUT2D eigenvalue weighted by atomic mass is 32.1. The summed E-state index contributed by atoms with van der Waals surface area (Å²) in [6, 6.07) is 1.79. The molecule has 1 aromatic rings. The number of carbonyl (C=O) groups excluding carboxylic acids is 5. The molecule has 8 atom stereocenters. The molecule has 45 heavy (non-hydrogen) atoms. The zero-order valence-corrected chi connectivity index (χ0v) is 27.5. The summed E-state index contributed by atoms with van der Waals surface area (Å²) in [5.74, 6) is -5.77. The Labute approximate surface area is 269 Å². The Bertz CT molecular complexity index is 1170. The Morgan fingerprint density at radius 2 is 1.29 bits per heavy atom. The molecule has 0 heterocycles. The first-order valence-corrected chi connectivity index (χ1v) is 15.5. The molecule has 1 aromatic carbocycles. The Hall–Kier alpha value is -3.69. The first kappa shape index (κ1) is 39.3. The molecule has 5 amide bonds. The van der Waals surface area contributed by atoms with E-state index >= 15 is 0 Å². The van der Waals surface area contributed by atoms with Crippen LogP contribution in [-0.4, -0.2) is 93.8 Å². The van der Waals surface area contributed by atoms with Gasteiger partial charge in [0.2, 0.25) is 29.5 Å². The van der Waals surface area contributed by atoms with Gasteiger partial charge in [-0.05, 0) is 31.2 Å². The van der Waals surface area contributed by atoms with Crippen LogP contribution in [-0.2, 0) is 35.2 Å². The summed E-state index contributed by atoms with van der Waals surface area (Å²) in [4.78, 5) is 76.6. The van der Waals surface area contributed by atoms with Crippen LogP contribution in [0.5, 0.6) is 0 Å². The lowest BCUT2D eigenvalue weighted by atomic mass is 9.95. The molecule has 14 nitrogen and oxygen atoms in total. The Balaban J connectivity index is 3.00. The van der Waals surface area contributed by atoms with Gasteiger partial charge in [-0.3, -0.25) is 24.0 Å². The van der Waals surface area contributed by atoms with Crippen molar-refractivity contribution in [2.45, 2.75) is 96.7 Å². The smallest absolute Gasteiger partial charge is 0.326 e. The number of carboxylic acid groups (broad SMARTS) is 1. The molecule has 1 rings (SSSR count). The number of carbonyl (C=O) groups is 6. The van der Waals surface area contributed by atoms with Gasteiger partial charge in [-0.25, -0.2) is 4.79 Å². The minimum atomic E-state index is -1.25. The van der Waals surface area contributed by atoms with Crippen molar-refractivity contribution in [3.63, 3.8) is 0 Å². The average Bonchev–Trinajstić information content (AvgIpc) is 2.99. The predicted molar refractivity (Wildman–Crippen MR) is 171 cm³/mol. The van der Waals surface area contributed by atoms with E-state index < -0.39 is 83.8 Å². The number of thiol groups is 1. The molecule has 252 valence electrons. The van der Waals surface area contributed by atoms with E-state index in [0.717, 1.165) is 0 Å². The van der Waals surface area contributed by atoms with E-state index in [1.165, 1.54) is 13.8 Å². The Morgan fingerprint density at radius 3 is 1.78 bits per heavy atom. The van der Waals surface area contributed by atoms with Crippen LogP contribution in [0.25, 0.3) is 0 Å². The first-order chi connectivity index (χ1) is 21.0. The van der Waals surface area contributed by atoms with Crippen molar-refractivity contribution < 1.29 is 39.0 Å². The van der Waals surface area contributed by atoms with E-state index in [0.29, 0.717) is 12.0 Å². The maximum atomic E-state index is 13.4. The van der Waals surface area contributed by atoms with E-state index in [4.69, 9.17) is 5.73 Å². The highest BCUT2D eigenvalue weighted by Gasteiger charge is 2.35. The summed E-state index contributed by atoms with van der Waals surface area (Å²) in [6.45, 7) is 9.61. The molecule has 0 radical (unpaired) electrons. The number of rotatable bonds is 18. The normalized spacial score (nSPS) is 16.5. The Morgan fingerprint density at radius 1 is 0.756 bits per heavy atom. The van der Waals surface area contributed by atoms with Crippen LogP contribution >= 0.6 is 12.6 Å². The van der Waals surface area contributed by atoms with Crippen molar-refractivity contribution in [1.29, 1.82) is 0 Å². The fourth-order valence-corrected chi connectivity index (χ4v) is 4.39. The topological polar surface area (TPSA) is 229 Å². The fourth-order valence-electron chi connectivity index (χ4n) is 4.13. The first-order valence-electron chi connectivity index (χ1n) is 14.9. The van der Waals surface area contributed by atoms with Gasteiger partial charge in [-0.2, -0.15) is 12.6 Å². The molecule has 0 aliphatic rings. The molecule has 0 spiro atoms. The number of hydrogen-bond acceptors (Lipinski definition) is 9. The number of carboxylic acids is 1. The van der Waals surface area contributed by atoms with Crippen LogP contribution in [0.1, 0.15) is 53.5 Å². The van der Waals surface area contributed by atoms with Crippen molar-refractivity contribution in [2.75, 3.05) is 5.75 Å². The van der Waals surface area contributed by atoms with Gasteiger partial charge in [0.1, 0.15) is 36.3 Å². The number of aliphatic carboxylic acids is 1. The molecule has 0 saturated heterocycles. The van der Waals surface area contributed by atoms with Crippen molar-refractivity contribution in [3.8, 4) is 0 Å². The summed E-state index contributed by atoms with van der Waals surface area (Å²) >= 11 is 4.14. The molecule has 15 heteroatoms. The van der Waals surface area contributed by atoms with E-state index in [9.17, 15) is 39.0 Å². The zero-order valence-electron chi connectivity index (χ0n) is 26.6. The lowest BCUT2D eigenvalue weighted by molar-refractivity contribution is -0.142. The molecule has 0 bridgehead atoms. The molecule has 0 aliphatic heterocycles. The number of benzene rings is 1. The van der Waals surface area contributed by atoms with Crippen molar-refractivity contribution in [3.05, 3.63) is 35.9 Å². The summed E-state index contributed by atoms with van der Waals surface area (Å²) in [7, 11) is 0. The molecular weight excluding hydrogens is 604 g/mol. The summed E-state index contributed by atoms with van der Waals surface area (Å²) in [5.41, 5.74) is 6.30. The molecule has 9 N–H and O–H groups in total. The van der Waals surface area contributed by atoms with E-state index in [1.54, 1.807) is 51.1 Å². The number of amides is 5. The molecule has 0 unspecified atom stereocenters. The van der Waals surface area contributed by atoms with Gasteiger partial charge < -0.3 is 42.5 Å². The summed E-state index contributed by atoms with van der Waals surface area (Å²) in [6.07, 6.45) is -0.618. The second-order valence-corrected chi connectivity index (χ2v) is 11.8. The zero-order chi connectivity index (χ0) is 34.4. The van der Waals surface area contributed by atoms with Crippen LogP contribution in [0, 0.1) is 11.8 Å². The van der Waals surface area contributed by atoms with Crippen molar-refractivity contribution in [1.82, 2.24) is 26.6 Å². The quantitative estimate of drug-likeness (QED) is 0.0894. The van der Waals surface area contributed by atoms with Crippen molar-refractivity contribution >= 4 is 48.1 Å². The van der Waals surface area contributed by atoms with Gasteiger partial charge in [0.15, 0.2) is 0 Å². The minimum absolute atomic E-state index is 0.0419. The predicted octanol–water partition coefficient (Wildman–Crippen LogP) is -0.902. The van der Waals surface area contributed by atoms with Gasteiger partial charge in [-0.1, -0.05) is 64.4 Å². The Kier molecular flexibility index (Phi) is 16.6. The van der Waals surface area contributed by atoms with Gasteiger partial charge in [-0.15, -0.1) is 0 Å². The highest BCUT2D eigenvalue weighted by Crippen LogP contribution is 2.12. The maximum absolute atomic E-state index is 13.4. The van der Waals surface area contributed by atoms with E-state index in [1.807, 2.05) is 6.92 Å². The number of hydrogen-bond donors (Lipinski definition) is 9. The summed E-state index contributed by atoms with van der Waals surface area (Å²) < 4.78 is 0. The van der Waals surface area contributed by atoms with Gasteiger partial charge >= 0.3 is 5.97 Å². The lowest BCUT2D eigenvalue weighted by Crippen LogP contribution is -2.61. The maximum Gasteiger partial charge on any atom is 0.326 e. The third-order valence-corrected chi connectivity index (χ3v) is 7.69. The van der Waals surface area contributed by atoms with Crippen LogP contribution in [0.15, 0.2) is 30.3 Å². The van der Waals surface area contributed by atoms with E-state index in [-0.39, 0.29) is 18.1 Å². The SMILES string of the molecule is CC[C@H](C)[C@H](NC(=O)[C@@H](NC(=O)[C@H](CS)NC(=O)[C@H](C)NC(=O)[C@@H](N)[C@@H](C)O)C(C)C)C(=O)N[C@@H](Cc1ccccc1)C(=O)O. The molecule has 0 fully saturated rings. The third kappa shape index (κ3) is 12.7. The number of nitrogens with one attached hydrogen (secondary N) is 5. The third-order valence-electron chi connectivity index (χ3n) is 7.33. The van der Waals surface area contributed by atoms with Crippen LogP contribution < -0.4 is 32.3 Å². The molecule has 0 saturated carbocycles. The lowest BCUT2D eigenvalue weighted by Gasteiger charge is -2.30. The van der Waals surface area contributed by atoms with Crippen molar-refractivity contribution in [2.24, 2.45) is 17.6 Å². The highest BCUT2D eigenvalue weighted by molar-refractivity contribution is 7.80. The number of aliphatic hydroxyl groups excluding tert-OH is 1. The van der Waals surface area contributed by atoms with E-state index in [2.05, 4.69) is 39.2 Å². The minimum Gasteiger partial charge on any atom is -0.480 e. The fraction of sp³-hybridized carbons (Fsp3) is 0.600. The van der Waals surface area contributed by atoms with Crippen LogP contribution in [0.4, 0.5) is 0 Å². The summed E-state index contributed by atoms with van der Waals surface area (Å²) in [5, 5.41) is 31.9. The average molecular weight is 653 g/mol. The second kappa shape index (κ2) is 19.0. The largest absolute Gasteiger partial charge is 0.480 e. The molecule has 0 aromatic heterocycles. The van der Waals surface area contributed by atoms with Crippen LogP contribution in [0.2, 0.25) is 0 Å². The van der Waals surface area contributed by atoms with Gasteiger partial charge in [0.25, 0.3) is 0 Å². The van der Waals surface area contributed by atoms with Crippen LogP contribution in [0.3, 0.4) is 0 Å². The molecule has 0 aliphatic carbocycles.